The first-order valence-corrected chi connectivity index (χ1v) is 14.2. The number of carbonyl (C=O) groups is 1. The minimum Gasteiger partial charge on any atom is -0.493 e. The van der Waals surface area contributed by atoms with Gasteiger partial charge in [-0.05, 0) is 48.7 Å². The maximum Gasteiger partial charge on any atom is 0.290 e. The lowest BCUT2D eigenvalue weighted by atomic mass is 9.98. The van der Waals surface area contributed by atoms with E-state index in [9.17, 15) is 14.0 Å². The summed E-state index contributed by atoms with van der Waals surface area (Å²) in [6, 6.07) is 8.60. The van der Waals surface area contributed by atoms with Gasteiger partial charge in [-0.25, -0.2) is 4.39 Å². The first-order valence-electron chi connectivity index (χ1n) is 14.2. The predicted octanol–water partition coefficient (Wildman–Crippen LogP) is 5.17. The van der Waals surface area contributed by atoms with Crippen molar-refractivity contribution in [1.29, 1.82) is 0 Å². The Balaban J connectivity index is 1.48. The number of nitrogens with zero attached hydrogens (tertiary/aromatic N) is 2. The average molecular weight is 553 g/mol. The number of morpholine rings is 1. The minimum atomic E-state index is -0.691. The lowest BCUT2D eigenvalue weighted by molar-refractivity contribution is 0.0353. The van der Waals surface area contributed by atoms with E-state index in [0.717, 1.165) is 45.3 Å². The number of amides is 1. The van der Waals surface area contributed by atoms with Crippen LogP contribution in [0.2, 0.25) is 0 Å². The molecule has 1 saturated heterocycles. The molecule has 1 aromatic heterocycles. The van der Waals surface area contributed by atoms with Crippen molar-refractivity contribution in [1.82, 2.24) is 9.80 Å². The summed E-state index contributed by atoms with van der Waals surface area (Å²) >= 11 is 0. The second kappa shape index (κ2) is 12.8. The highest BCUT2D eigenvalue weighted by Gasteiger charge is 2.42. The lowest BCUT2D eigenvalue weighted by Gasteiger charge is -2.29. The van der Waals surface area contributed by atoms with Gasteiger partial charge in [0.2, 0.25) is 5.76 Å². The fourth-order valence-corrected chi connectivity index (χ4v) is 5.54. The third-order valence-corrected chi connectivity index (χ3v) is 7.66. The van der Waals surface area contributed by atoms with Gasteiger partial charge in [-0.15, -0.1) is 0 Å². The number of fused-ring (bicyclic) bond motifs is 2. The van der Waals surface area contributed by atoms with Gasteiger partial charge < -0.3 is 23.5 Å². The van der Waals surface area contributed by atoms with Crippen molar-refractivity contribution >= 4 is 16.9 Å². The molecule has 40 heavy (non-hydrogen) atoms. The van der Waals surface area contributed by atoms with Crippen LogP contribution in [0, 0.1) is 5.82 Å². The molecule has 0 radical (unpaired) electrons. The molecule has 1 unspecified atom stereocenters. The molecule has 2 aromatic carbocycles. The molecule has 0 spiro atoms. The van der Waals surface area contributed by atoms with Crippen LogP contribution in [0.4, 0.5) is 4.39 Å². The molecule has 0 aliphatic carbocycles. The van der Waals surface area contributed by atoms with Crippen molar-refractivity contribution in [2.75, 3.05) is 53.1 Å². The quantitative estimate of drug-likeness (QED) is 0.287. The molecule has 8 nitrogen and oxygen atoms in total. The Labute approximate surface area is 233 Å². The predicted molar refractivity (Wildman–Crippen MR) is 150 cm³/mol. The average Bonchev–Trinajstić information content (AvgIpc) is 3.25. The summed E-state index contributed by atoms with van der Waals surface area (Å²) in [5.74, 6) is 0.262. The Kier molecular flexibility index (Phi) is 9.01. The fourth-order valence-electron chi connectivity index (χ4n) is 5.54. The highest BCUT2D eigenvalue weighted by Crippen LogP contribution is 2.41. The van der Waals surface area contributed by atoms with Crippen molar-refractivity contribution in [3.05, 3.63) is 69.3 Å². The normalized spacial score (nSPS) is 17.4. The molecule has 1 atom stereocenters. The number of hydrogen-bond acceptors (Lipinski definition) is 7. The van der Waals surface area contributed by atoms with E-state index in [1.807, 2.05) is 18.2 Å². The Morgan fingerprint density at radius 2 is 1.80 bits per heavy atom. The summed E-state index contributed by atoms with van der Waals surface area (Å²) < 4.78 is 37.1. The Morgan fingerprint density at radius 3 is 2.58 bits per heavy atom. The SMILES string of the molecule is CCCCCCOc1ccc(C2c3c(oc4ccc(F)cc4c3=O)C(=O)N2CCCN2CCOCC2)cc1OC. The zero-order valence-corrected chi connectivity index (χ0v) is 23.2. The largest absolute Gasteiger partial charge is 0.493 e. The van der Waals surface area contributed by atoms with Crippen molar-refractivity contribution in [3.63, 3.8) is 0 Å². The van der Waals surface area contributed by atoms with E-state index in [-0.39, 0.29) is 28.2 Å². The van der Waals surface area contributed by atoms with Gasteiger partial charge in [-0.1, -0.05) is 32.3 Å². The smallest absolute Gasteiger partial charge is 0.290 e. The Bertz CT molecular complexity index is 1400. The van der Waals surface area contributed by atoms with Crippen LogP contribution in [0.15, 0.2) is 45.6 Å². The molecule has 9 heteroatoms. The Hall–Kier alpha value is -3.43. The molecule has 2 aliphatic heterocycles. The van der Waals surface area contributed by atoms with Gasteiger partial charge in [0.15, 0.2) is 16.9 Å². The number of methoxy groups -OCH3 is 1. The van der Waals surface area contributed by atoms with E-state index >= 15 is 0 Å². The maximum absolute atomic E-state index is 14.1. The second-order valence-corrected chi connectivity index (χ2v) is 10.3. The second-order valence-electron chi connectivity index (χ2n) is 10.3. The first kappa shape index (κ1) is 28.1. The van der Waals surface area contributed by atoms with E-state index in [4.69, 9.17) is 18.6 Å². The van der Waals surface area contributed by atoms with Gasteiger partial charge in [0, 0.05) is 26.2 Å². The van der Waals surface area contributed by atoms with E-state index in [0.29, 0.717) is 49.8 Å². The van der Waals surface area contributed by atoms with E-state index in [2.05, 4.69) is 11.8 Å². The molecule has 0 saturated carbocycles. The number of carbonyl (C=O) groups excluding carboxylic acids is 1. The highest BCUT2D eigenvalue weighted by molar-refractivity contribution is 5.99. The van der Waals surface area contributed by atoms with Gasteiger partial charge in [-0.2, -0.15) is 0 Å². The third-order valence-electron chi connectivity index (χ3n) is 7.66. The zero-order valence-electron chi connectivity index (χ0n) is 23.2. The van der Waals surface area contributed by atoms with Gasteiger partial charge in [0.05, 0.1) is 43.9 Å². The van der Waals surface area contributed by atoms with E-state index in [1.54, 1.807) is 12.0 Å². The molecular weight excluding hydrogens is 515 g/mol. The summed E-state index contributed by atoms with van der Waals surface area (Å²) in [4.78, 5) is 31.4. The van der Waals surface area contributed by atoms with Crippen molar-refractivity contribution in [3.8, 4) is 11.5 Å². The minimum absolute atomic E-state index is 0.00991. The number of halogens is 1. The van der Waals surface area contributed by atoms with Crippen molar-refractivity contribution in [2.24, 2.45) is 0 Å². The van der Waals surface area contributed by atoms with E-state index in [1.165, 1.54) is 18.2 Å². The molecule has 214 valence electrons. The van der Waals surface area contributed by atoms with Crippen molar-refractivity contribution < 1.29 is 27.8 Å². The zero-order chi connectivity index (χ0) is 28.1. The van der Waals surface area contributed by atoms with Crippen LogP contribution in [0.3, 0.4) is 0 Å². The van der Waals surface area contributed by atoms with Crippen LogP contribution in [-0.4, -0.2) is 68.8 Å². The lowest BCUT2D eigenvalue weighted by Crippen LogP contribution is -2.38. The van der Waals surface area contributed by atoms with Gasteiger partial charge in [0.1, 0.15) is 11.4 Å². The first-order chi connectivity index (χ1) is 19.5. The number of rotatable bonds is 12. The fraction of sp³-hybridized carbons (Fsp3) is 0.484. The molecule has 1 fully saturated rings. The van der Waals surface area contributed by atoms with Crippen LogP contribution in [-0.2, 0) is 4.74 Å². The monoisotopic (exact) mass is 552 g/mol. The number of hydrogen-bond donors (Lipinski definition) is 0. The van der Waals surface area contributed by atoms with Crippen LogP contribution in [0.5, 0.6) is 11.5 Å². The number of benzene rings is 2. The maximum atomic E-state index is 14.1. The standard InChI is InChI=1S/C31H37FN2O6/c1-3-4-5-6-16-39-25-10-8-21(19-26(25)37-2)28-27-29(35)23-20-22(32)9-11-24(23)40-30(27)31(36)34(28)13-7-12-33-14-17-38-18-15-33/h8-11,19-20,28H,3-7,12-18H2,1-2H3. The molecule has 2 aliphatic rings. The van der Waals surface area contributed by atoms with Gasteiger partial charge in [0.25, 0.3) is 5.91 Å². The molecule has 0 bridgehead atoms. The summed E-state index contributed by atoms with van der Waals surface area (Å²) in [6.45, 7) is 7.08. The summed E-state index contributed by atoms with van der Waals surface area (Å²) in [5, 5.41) is 0.116. The van der Waals surface area contributed by atoms with Gasteiger partial charge >= 0.3 is 0 Å². The summed E-state index contributed by atoms with van der Waals surface area (Å²) in [7, 11) is 1.57. The summed E-state index contributed by atoms with van der Waals surface area (Å²) in [6.07, 6.45) is 5.08. The molecule has 3 heterocycles. The molecule has 1 amide bonds. The Morgan fingerprint density at radius 1 is 0.975 bits per heavy atom. The molecule has 3 aromatic rings. The number of unbranched alkanes of at least 4 members (excludes halogenated alkanes) is 3. The van der Waals surface area contributed by atoms with E-state index < -0.39 is 17.3 Å². The third kappa shape index (κ3) is 5.86. The molecule has 5 rings (SSSR count). The van der Waals surface area contributed by atoms with Gasteiger partial charge in [-0.3, -0.25) is 14.5 Å². The highest BCUT2D eigenvalue weighted by atomic mass is 19.1. The summed E-state index contributed by atoms with van der Waals surface area (Å²) in [5.41, 5.74) is 0.721. The van der Waals surface area contributed by atoms with Crippen LogP contribution in [0.25, 0.3) is 11.0 Å². The van der Waals surface area contributed by atoms with Crippen LogP contribution < -0.4 is 14.9 Å². The number of ether oxygens (including phenoxy) is 3. The molecule has 0 N–H and O–H groups in total. The molecular formula is C31H37FN2O6. The van der Waals surface area contributed by atoms with Crippen LogP contribution in [0.1, 0.15) is 66.8 Å². The van der Waals surface area contributed by atoms with Crippen molar-refractivity contribution in [2.45, 2.75) is 45.1 Å². The van der Waals surface area contributed by atoms with Crippen LogP contribution >= 0.6 is 0 Å². The topological polar surface area (TPSA) is 81.5 Å².